The molecule has 0 amide bonds. The van der Waals surface area contributed by atoms with Crippen LogP contribution in [0.15, 0.2) is 30.5 Å². The SMILES string of the molecule is F[C@@H]1CN(c2cc3cccc(I)c3cn2)C[C@@H]1F. The summed E-state index contributed by atoms with van der Waals surface area (Å²) < 4.78 is 27.5. The summed E-state index contributed by atoms with van der Waals surface area (Å²) in [6, 6.07) is 7.85. The second-order valence-electron chi connectivity index (χ2n) is 4.44. The van der Waals surface area contributed by atoms with E-state index in [1.54, 1.807) is 11.1 Å². The molecule has 5 heteroatoms. The Labute approximate surface area is 117 Å². The van der Waals surface area contributed by atoms with Gasteiger partial charge in [0.15, 0.2) is 12.3 Å². The van der Waals surface area contributed by atoms with Gasteiger partial charge in [-0.3, -0.25) is 0 Å². The number of hydrogen-bond acceptors (Lipinski definition) is 2. The number of alkyl halides is 2. The Bertz CT molecular complexity index is 580. The lowest BCUT2D eigenvalue weighted by atomic mass is 10.2. The number of rotatable bonds is 1. The molecule has 0 unspecified atom stereocenters. The second kappa shape index (κ2) is 4.60. The molecule has 1 aromatic carbocycles. The molecule has 0 spiro atoms. The van der Waals surface area contributed by atoms with Crippen LogP contribution in [-0.2, 0) is 0 Å². The molecule has 2 nitrogen and oxygen atoms in total. The molecule has 1 aliphatic rings. The van der Waals surface area contributed by atoms with Gasteiger partial charge in [-0.15, -0.1) is 0 Å². The minimum Gasteiger partial charge on any atom is -0.351 e. The summed E-state index contributed by atoms with van der Waals surface area (Å²) in [7, 11) is 0. The number of hydrogen-bond donors (Lipinski definition) is 0. The maximum atomic E-state index is 13.2. The number of pyridine rings is 1. The van der Waals surface area contributed by atoms with Crippen LogP contribution in [0.25, 0.3) is 10.8 Å². The highest BCUT2D eigenvalue weighted by molar-refractivity contribution is 14.1. The van der Waals surface area contributed by atoms with Crippen molar-refractivity contribution in [2.24, 2.45) is 0 Å². The van der Waals surface area contributed by atoms with E-state index in [2.05, 4.69) is 27.6 Å². The first-order valence-corrected chi connectivity index (χ1v) is 6.80. The molecule has 1 saturated heterocycles. The zero-order valence-electron chi connectivity index (χ0n) is 9.48. The summed E-state index contributed by atoms with van der Waals surface area (Å²) >= 11 is 2.25. The quantitative estimate of drug-likeness (QED) is 0.726. The van der Waals surface area contributed by atoms with Gasteiger partial charge in [-0.2, -0.15) is 0 Å². The Morgan fingerprint density at radius 1 is 1.22 bits per heavy atom. The van der Waals surface area contributed by atoms with Crippen molar-refractivity contribution in [1.29, 1.82) is 0 Å². The molecule has 1 aliphatic heterocycles. The van der Waals surface area contributed by atoms with Gasteiger partial charge in [0.1, 0.15) is 5.82 Å². The molecule has 0 aliphatic carbocycles. The van der Waals surface area contributed by atoms with Crippen molar-refractivity contribution in [1.82, 2.24) is 4.98 Å². The van der Waals surface area contributed by atoms with Crippen molar-refractivity contribution in [3.05, 3.63) is 34.0 Å². The standard InChI is InChI=1S/C13H11F2IN2/c14-10-6-18(7-11(10)15)13-4-8-2-1-3-12(16)9(8)5-17-13/h1-5,10-11H,6-7H2/t10-,11+. The topological polar surface area (TPSA) is 16.1 Å². The van der Waals surface area contributed by atoms with Crippen molar-refractivity contribution in [3.63, 3.8) is 0 Å². The number of benzene rings is 1. The molecule has 1 fully saturated rings. The van der Waals surface area contributed by atoms with Crippen molar-refractivity contribution < 1.29 is 8.78 Å². The highest BCUT2D eigenvalue weighted by Crippen LogP contribution is 2.27. The van der Waals surface area contributed by atoms with Crippen LogP contribution in [0.1, 0.15) is 0 Å². The highest BCUT2D eigenvalue weighted by Gasteiger charge is 2.33. The minimum absolute atomic E-state index is 0.0869. The number of halogens is 3. The Morgan fingerprint density at radius 3 is 2.67 bits per heavy atom. The van der Waals surface area contributed by atoms with E-state index in [9.17, 15) is 8.78 Å². The summed E-state index contributed by atoms with van der Waals surface area (Å²) in [5.41, 5.74) is 0. The molecule has 2 heterocycles. The molecule has 2 atom stereocenters. The molecular weight excluding hydrogens is 349 g/mol. The van der Waals surface area contributed by atoms with Crippen LogP contribution in [0.4, 0.5) is 14.6 Å². The fourth-order valence-corrected chi connectivity index (χ4v) is 2.87. The number of nitrogens with zero attached hydrogens (tertiary/aromatic N) is 2. The first-order valence-electron chi connectivity index (χ1n) is 5.72. The van der Waals surface area contributed by atoms with Gasteiger partial charge in [-0.25, -0.2) is 13.8 Å². The third-order valence-corrected chi connectivity index (χ3v) is 4.14. The smallest absolute Gasteiger partial charge is 0.150 e. The summed E-state index contributed by atoms with van der Waals surface area (Å²) in [5.74, 6) is 0.646. The van der Waals surface area contributed by atoms with Gasteiger partial charge in [-0.05, 0) is 40.1 Å². The van der Waals surface area contributed by atoms with Crippen LogP contribution < -0.4 is 4.90 Å². The van der Waals surface area contributed by atoms with Gasteiger partial charge in [0.05, 0.1) is 13.1 Å². The summed E-state index contributed by atoms with van der Waals surface area (Å²) in [4.78, 5) is 5.97. The van der Waals surface area contributed by atoms with Gasteiger partial charge in [0.25, 0.3) is 0 Å². The van der Waals surface area contributed by atoms with Crippen LogP contribution in [0.5, 0.6) is 0 Å². The van der Waals surface area contributed by atoms with Crippen LogP contribution in [0.3, 0.4) is 0 Å². The number of aromatic nitrogens is 1. The number of anilines is 1. The van der Waals surface area contributed by atoms with E-state index < -0.39 is 12.3 Å². The predicted octanol–water partition coefficient (Wildman–Crippen LogP) is 3.34. The van der Waals surface area contributed by atoms with Crippen LogP contribution >= 0.6 is 22.6 Å². The predicted molar refractivity (Wildman–Crippen MR) is 76.5 cm³/mol. The van der Waals surface area contributed by atoms with Crippen LogP contribution in [-0.4, -0.2) is 30.4 Å². The van der Waals surface area contributed by atoms with Gasteiger partial charge in [0, 0.05) is 15.2 Å². The molecule has 0 radical (unpaired) electrons. The molecular formula is C13H11F2IN2. The lowest BCUT2D eigenvalue weighted by Gasteiger charge is -2.16. The first-order chi connectivity index (χ1) is 8.65. The second-order valence-corrected chi connectivity index (χ2v) is 5.60. The maximum absolute atomic E-state index is 13.2. The van der Waals surface area contributed by atoms with E-state index >= 15 is 0 Å². The summed E-state index contributed by atoms with van der Waals surface area (Å²) in [6.07, 6.45) is -1.04. The molecule has 0 bridgehead atoms. The minimum atomic E-state index is -1.40. The maximum Gasteiger partial charge on any atom is 0.150 e. The highest BCUT2D eigenvalue weighted by atomic mass is 127. The zero-order chi connectivity index (χ0) is 12.7. The van der Waals surface area contributed by atoms with Crippen LogP contribution in [0, 0.1) is 3.57 Å². The zero-order valence-corrected chi connectivity index (χ0v) is 11.6. The molecule has 18 heavy (non-hydrogen) atoms. The molecule has 94 valence electrons. The molecule has 0 saturated carbocycles. The van der Waals surface area contributed by atoms with E-state index in [-0.39, 0.29) is 13.1 Å². The van der Waals surface area contributed by atoms with Crippen molar-refractivity contribution in [2.45, 2.75) is 12.3 Å². The first kappa shape index (κ1) is 12.1. The third kappa shape index (κ3) is 2.04. The Hall–Kier alpha value is -0.980. The van der Waals surface area contributed by atoms with Crippen molar-refractivity contribution in [2.75, 3.05) is 18.0 Å². The van der Waals surface area contributed by atoms with E-state index in [4.69, 9.17) is 0 Å². The fourth-order valence-electron chi connectivity index (χ4n) is 2.21. The summed E-state index contributed by atoms with van der Waals surface area (Å²) in [5, 5.41) is 2.11. The Morgan fingerprint density at radius 2 is 1.94 bits per heavy atom. The average Bonchev–Trinajstić information content (AvgIpc) is 2.70. The van der Waals surface area contributed by atoms with Crippen molar-refractivity contribution >= 4 is 39.2 Å². The lowest BCUT2D eigenvalue weighted by Crippen LogP contribution is -2.21. The van der Waals surface area contributed by atoms with Gasteiger partial charge in [0.2, 0.25) is 0 Å². The van der Waals surface area contributed by atoms with E-state index in [0.717, 1.165) is 14.3 Å². The summed E-state index contributed by atoms with van der Waals surface area (Å²) in [6.45, 7) is 0.174. The van der Waals surface area contributed by atoms with Gasteiger partial charge >= 0.3 is 0 Å². The molecule has 0 N–H and O–H groups in total. The van der Waals surface area contributed by atoms with E-state index in [0.29, 0.717) is 5.82 Å². The van der Waals surface area contributed by atoms with Crippen molar-refractivity contribution in [3.8, 4) is 0 Å². The fraction of sp³-hybridized carbons (Fsp3) is 0.308. The number of fused-ring (bicyclic) bond motifs is 1. The van der Waals surface area contributed by atoms with E-state index in [1.807, 2.05) is 24.3 Å². The average molecular weight is 360 g/mol. The molecule has 3 rings (SSSR count). The van der Waals surface area contributed by atoms with Gasteiger partial charge in [-0.1, -0.05) is 12.1 Å². The Balaban J connectivity index is 1.99. The molecule has 2 aromatic rings. The van der Waals surface area contributed by atoms with Gasteiger partial charge < -0.3 is 4.90 Å². The normalized spacial score (nSPS) is 23.8. The lowest BCUT2D eigenvalue weighted by molar-refractivity contribution is 0.217. The monoisotopic (exact) mass is 360 g/mol. The largest absolute Gasteiger partial charge is 0.351 e. The molecule has 1 aromatic heterocycles. The third-order valence-electron chi connectivity index (χ3n) is 3.20. The van der Waals surface area contributed by atoms with Crippen LogP contribution in [0.2, 0.25) is 0 Å². The van der Waals surface area contributed by atoms with E-state index in [1.165, 1.54) is 0 Å². The Kier molecular flexibility index (Phi) is 3.09.